The number of nitrogens with zero attached hydrogens (tertiary/aromatic N) is 3. The van der Waals surface area contributed by atoms with E-state index < -0.39 is 0 Å². The van der Waals surface area contributed by atoms with E-state index in [1.807, 2.05) is 52.3 Å². The minimum absolute atomic E-state index is 0.0479. The molecule has 140 valence electrons. The number of carbonyl (C=O) groups excluding carboxylic acids is 2. The van der Waals surface area contributed by atoms with Crippen molar-refractivity contribution in [2.24, 2.45) is 0 Å². The second-order valence-electron chi connectivity index (χ2n) is 7.07. The van der Waals surface area contributed by atoms with Crippen LogP contribution in [0.1, 0.15) is 17.5 Å². The highest BCUT2D eigenvalue weighted by molar-refractivity contribution is 5.80. The van der Waals surface area contributed by atoms with Gasteiger partial charge in [0.15, 0.2) is 0 Å². The number of aromatic nitrogens is 1. The number of fused-ring (bicyclic) bond motifs is 1. The number of ether oxygens (including phenoxy) is 1. The van der Waals surface area contributed by atoms with Crippen LogP contribution >= 0.6 is 0 Å². The zero-order chi connectivity index (χ0) is 18.6. The van der Waals surface area contributed by atoms with Gasteiger partial charge in [0.2, 0.25) is 11.8 Å². The number of pyridine rings is 1. The monoisotopic (exact) mass is 365 g/mol. The number of hydrogen-bond acceptors (Lipinski definition) is 4. The van der Waals surface area contributed by atoms with Gasteiger partial charge in [-0.05, 0) is 17.2 Å². The topological polar surface area (TPSA) is 62.7 Å². The number of rotatable bonds is 4. The highest BCUT2D eigenvalue weighted by Gasteiger charge is 2.42. The molecule has 0 aliphatic carbocycles. The summed E-state index contributed by atoms with van der Waals surface area (Å²) in [4.78, 5) is 33.2. The summed E-state index contributed by atoms with van der Waals surface area (Å²) in [5, 5.41) is 0. The Labute approximate surface area is 158 Å². The minimum Gasteiger partial charge on any atom is -0.374 e. The molecule has 2 saturated heterocycles. The molecule has 1 aromatic carbocycles. The number of carbonyl (C=O) groups is 2. The van der Waals surface area contributed by atoms with Gasteiger partial charge in [-0.1, -0.05) is 36.4 Å². The van der Waals surface area contributed by atoms with E-state index in [2.05, 4.69) is 4.98 Å². The van der Waals surface area contributed by atoms with Crippen molar-refractivity contribution < 1.29 is 14.3 Å². The normalized spacial score (nSPS) is 22.4. The molecule has 0 saturated carbocycles. The standard InChI is InChI=1S/C21H23N3O3/c25-20-8-10-27-19-15-23(21(26)11-17-7-4-9-22-12-17)14-18(19)24(20)13-16-5-2-1-3-6-16/h1-7,9,12,18-19H,8,10-11,13-15H2/t18-,19-/m0/s1. The molecule has 6 nitrogen and oxygen atoms in total. The van der Waals surface area contributed by atoms with Gasteiger partial charge >= 0.3 is 0 Å². The molecule has 2 aliphatic heterocycles. The first-order valence-electron chi connectivity index (χ1n) is 9.32. The molecular formula is C21H23N3O3. The Hall–Kier alpha value is -2.73. The molecule has 2 aromatic rings. The Kier molecular flexibility index (Phi) is 5.16. The van der Waals surface area contributed by atoms with Gasteiger partial charge in [-0.2, -0.15) is 0 Å². The molecule has 6 heteroatoms. The molecular weight excluding hydrogens is 342 g/mol. The van der Waals surface area contributed by atoms with E-state index in [1.165, 1.54) is 0 Å². The fourth-order valence-electron chi connectivity index (χ4n) is 3.82. The summed E-state index contributed by atoms with van der Waals surface area (Å²) in [6.07, 6.45) is 4.00. The summed E-state index contributed by atoms with van der Waals surface area (Å²) in [7, 11) is 0. The molecule has 0 unspecified atom stereocenters. The van der Waals surface area contributed by atoms with E-state index in [4.69, 9.17) is 4.74 Å². The molecule has 0 N–H and O–H groups in total. The summed E-state index contributed by atoms with van der Waals surface area (Å²) in [6, 6.07) is 13.6. The first-order chi connectivity index (χ1) is 13.2. The van der Waals surface area contributed by atoms with Gasteiger partial charge in [-0.15, -0.1) is 0 Å². The maximum Gasteiger partial charge on any atom is 0.227 e. The number of likely N-dealkylation sites (tertiary alicyclic amines) is 1. The molecule has 0 radical (unpaired) electrons. The minimum atomic E-state index is -0.127. The van der Waals surface area contributed by atoms with Gasteiger partial charge in [-0.25, -0.2) is 0 Å². The van der Waals surface area contributed by atoms with E-state index in [9.17, 15) is 9.59 Å². The molecule has 4 rings (SSSR count). The van der Waals surface area contributed by atoms with Gasteiger partial charge < -0.3 is 14.5 Å². The fraction of sp³-hybridized carbons (Fsp3) is 0.381. The van der Waals surface area contributed by atoms with Crippen LogP contribution in [0.5, 0.6) is 0 Å². The Morgan fingerprint density at radius 2 is 1.93 bits per heavy atom. The van der Waals surface area contributed by atoms with Gasteiger partial charge in [0.05, 0.1) is 31.6 Å². The molecule has 2 aliphatic rings. The van der Waals surface area contributed by atoms with Crippen LogP contribution in [0.3, 0.4) is 0 Å². The largest absolute Gasteiger partial charge is 0.374 e. The van der Waals surface area contributed by atoms with Crippen molar-refractivity contribution in [1.29, 1.82) is 0 Å². The van der Waals surface area contributed by atoms with Crippen LogP contribution in [0.15, 0.2) is 54.9 Å². The molecule has 3 heterocycles. The van der Waals surface area contributed by atoms with E-state index in [1.54, 1.807) is 12.4 Å². The molecule has 27 heavy (non-hydrogen) atoms. The molecule has 2 atom stereocenters. The van der Waals surface area contributed by atoms with Crippen molar-refractivity contribution in [1.82, 2.24) is 14.8 Å². The van der Waals surface area contributed by atoms with Gasteiger partial charge in [0.1, 0.15) is 0 Å². The Balaban J connectivity index is 1.48. The fourth-order valence-corrected chi connectivity index (χ4v) is 3.82. The van der Waals surface area contributed by atoms with Crippen LogP contribution < -0.4 is 0 Å². The second-order valence-corrected chi connectivity index (χ2v) is 7.07. The molecule has 2 amide bonds. The van der Waals surface area contributed by atoms with E-state index in [-0.39, 0.29) is 24.0 Å². The predicted molar refractivity (Wildman–Crippen MR) is 99.7 cm³/mol. The average Bonchev–Trinajstić information content (AvgIpc) is 3.06. The first kappa shape index (κ1) is 17.7. The SMILES string of the molecule is O=C(Cc1cccnc1)N1C[C@@H]2OCCC(=O)N(Cc3ccccc3)[C@H]2C1. The van der Waals surface area contributed by atoms with Gasteiger partial charge in [-0.3, -0.25) is 14.6 Å². The quantitative estimate of drug-likeness (QED) is 0.827. The van der Waals surface area contributed by atoms with E-state index in [0.29, 0.717) is 39.1 Å². The number of amides is 2. The third kappa shape index (κ3) is 4.01. The lowest BCUT2D eigenvalue weighted by atomic mass is 10.1. The summed E-state index contributed by atoms with van der Waals surface area (Å²) in [5.74, 6) is 0.139. The lowest BCUT2D eigenvalue weighted by molar-refractivity contribution is -0.135. The molecule has 2 fully saturated rings. The van der Waals surface area contributed by atoms with Crippen molar-refractivity contribution in [2.75, 3.05) is 19.7 Å². The third-order valence-corrected chi connectivity index (χ3v) is 5.23. The number of hydrogen-bond donors (Lipinski definition) is 0. The van der Waals surface area contributed by atoms with Crippen LogP contribution in [0, 0.1) is 0 Å². The maximum absolute atomic E-state index is 12.7. The Bertz CT molecular complexity index is 797. The highest BCUT2D eigenvalue weighted by Crippen LogP contribution is 2.25. The highest BCUT2D eigenvalue weighted by atomic mass is 16.5. The number of benzene rings is 1. The summed E-state index contributed by atoms with van der Waals surface area (Å²) >= 11 is 0. The van der Waals surface area contributed by atoms with Crippen molar-refractivity contribution in [3.63, 3.8) is 0 Å². The van der Waals surface area contributed by atoms with Crippen LogP contribution in [0.25, 0.3) is 0 Å². The van der Waals surface area contributed by atoms with E-state index >= 15 is 0 Å². The molecule has 1 aromatic heterocycles. The Morgan fingerprint density at radius 3 is 2.70 bits per heavy atom. The molecule has 0 spiro atoms. The lowest BCUT2D eigenvalue weighted by Crippen LogP contribution is -2.45. The first-order valence-corrected chi connectivity index (χ1v) is 9.32. The van der Waals surface area contributed by atoms with Crippen LogP contribution in [0.2, 0.25) is 0 Å². The average molecular weight is 365 g/mol. The second kappa shape index (κ2) is 7.88. The van der Waals surface area contributed by atoms with E-state index in [0.717, 1.165) is 11.1 Å². The van der Waals surface area contributed by atoms with Crippen molar-refractivity contribution >= 4 is 11.8 Å². The Morgan fingerprint density at radius 1 is 1.11 bits per heavy atom. The maximum atomic E-state index is 12.7. The lowest BCUT2D eigenvalue weighted by Gasteiger charge is -2.29. The van der Waals surface area contributed by atoms with Crippen molar-refractivity contribution in [3.05, 3.63) is 66.0 Å². The van der Waals surface area contributed by atoms with Crippen molar-refractivity contribution in [2.45, 2.75) is 31.5 Å². The van der Waals surface area contributed by atoms with Crippen molar-refractivity contribution in [3.8, 4) is 0 Å². The van der Waals surface area contributed by atoms with Crippen LogP contribution in [0.4, 0.5) is 0 Å². The summed E-state index contributed by atoms with van der Waals surface area (Å²) in [6.45, 7) is 2.01. The van der Waals surface area contributed by atoms with Gasteiger partial charge in [0, 0.05) is 32.0 Å². The smallest absolute Gasteiger partial charge is 0.227 e. The van der Waals surface area contributed by atoms with Crippen LogP contribution in [-0.2, 0) is 27.3 Å². The van der Waals surface area contributed by atoms with Gasteiger partial charge in [0.25, 0.3) is 0 Å². The zero-order valence-electron chi connectivity index (χ0n) is 15.2. The molecule has 0 bridgehead atoms. The zero-order valence-corrected chi connectivity index (χ0v) is 15.2. The summed E-state index contributed by atoms with van der Waals surface area (Å²) < 4.78 is 5.93. The predicted octanol–water partition coefficient (Wildman–Crippen LogP) is 1.65. The third-order valence-electron chi connectivity index (χ3n) is 5.23. The van der Waals surface area contributed by atoms with Crippen LogP contribution in [-0.4, -0.2) is 58.4 Å². The summed E-state index contributed by atoms with van der Waals surface area (Å²) in [5.41, 5.74) is 1.99.